The molecule has 2 aliphatic rings. The van der Waals surface area contributed by atoms with E-state index in [2.05, 4.69) is 17.1 Å². The molecule has 0 spiro atoms. The van der Waals surface area contributed by atoms with Crippen molar-refractivity contribution in [2.24, 2.45) is 5.92 Å². The van der Waals surface area contributed by atoms with E-state index in [4.69, 9.17) is 9.84 Å². The van der Waals surface area contributed by atoms with E-state index in [-0.39, 0.29) is 17.6 Å². The van der Waals surface area contributed by atoms with Gasteiger partial charge in [0.2, 0.25) is 5.91 Å². The molecule has 8 heteroatoms. The monoisotopic (exact) mass is 431 g/mol. The van der Waals surface area contributed by atoms with Gasteiger partial charge >= 0.3 is 6.09 Å². The van der Waals surface area contributed by atoms with Gasteiger partial charge in [0.1, 0.15) is 11.8 Å². The van der Waals surface area contributed by atoms with E-state index in [1.807, 2.05) is 24.3 Å². The van der Waals surface area contributed by atoms with Gasteiger partial charge in [-0.15, -0.1) is 0 Å². The number of hydrogen-bond acceptors (Lipinski definition) is 5. The lowest BCUT2D eigenvalue weighted by Crippen LogP contribution is -2.56. The van der Waals surface area contributed by atoms with Crippen LogP contribution in [-0.2, 0) is 4.79 Å². The molecule has 1 aliphatic heterocycles. The van der Waals surface area contributed by atoms with Crippen molar-refractivity contribution in [3.63, 3.8) is 0 Å². The molecular weight excluding hydrogens is 398 g/mol. The Bertz CT molecular complexity index is 770. The second-order valence-corrected chi connectivity index (χ2v) is 8.42. The fourth-order valence-corrected chi connectivity index (χ4v) is 3.92. The summed E-state index contributed by atoms with van der Waals surface area (Å²) in [5.41, 5.74) is 0.763. The normalized spacial score (nSPS) is 18.8. The highest BCUT2D eigenvalue weighted by Gasteiger charge is 2.30. The van der Waals surface area contributed by atoms with E-state index in [1.165, 1.54) is 0 Å². The molecule has 2 fully saturated rings. The molecule has 1 aromatic rings. The quantitative estimate of drug-likeness (QED) is 0.553. The lowest BCUT2D eigenvalue weighted by atomic mass is 10.1. The van der Waals surface area contributed by atoms with Gasteiger partial charge < -0.3 is 20.1 Å². The van der Waals surface area contributed by atoms with Crippen LogP contribution in [0.4, 0.5) is 4.79 Å². The molecule has 1 saturated carbocycles. The molecular formula is C23H33N3O5. The summed E-state index contributed by atoms with van der Waals surface area (Å²) in [6.45, 7) is 7.24. The average Bonchev–Trinajstić information content (AvgIpc) is 3.62. The second kappa shape index (κ2) is 10.6. The summed E-state index contributed by atoms with van der Waals surface area (Å²) in [5.74, 6) is 1.09. The molecule has 1 aromatic carbocycles. The predicted molar refractivity (Wildman–Crippen MR) is 116 cm³/mol. The van der Waals surface area contributed by atoms with E-state index >= 15 is 0 Å². The number of nitrogens with one attached hydrogen (secondary N) is 1. The third kappa shape index (κ3) is 6.43. The first-order chi connectivity index (χ1) is 14.9. The van der Waals surface area contributed by atoms with E-state index in [0.717, 1.165) is 43.7 Å². The number of piperazine rings is 1. The SMILES string of the molecule is CCC(NC(=O)O)C(=O)N1CCN([C@H](C)CCOc2ccc(C(=O)C3CC3)cc2)CC1. The summed E-state index contributed by atoms with van der Waals surface area (Å²) in [6.07, 6.45) is 2.14. The maximum absolute atomic E-state index is 12.5. The van der Waals surface area contributed by atoms with Crippen LogP contribution in [0.25, 0.3) is 0 Å². The van der Waals surface area contributed by atoms with Crippen LogP contribution in [0.5, 0.6) is 5.75 Å². The number of hydrogen-bond donors (Lipinski definition) is 2. The van der Waals surface area contributed by atoms with Gasteiger partial charge in [-0.05, 0) is 56.9 Å². The lowest BCUT2D eigenvalue weighted by molar-refractivity contribution is -0.135. The number of benzene rings is 1. The minimum atomic E-state index is -1.17. The standard InChI is InChI=1S/C23H33N3O5/c1-3-20(24-23(29)30)22(28)26-13-11-25(12-14-26)16(2)10-15-31-19-8-6-18(7-9-19)21(27)17-4-5-17/h6-9,16-17,20,24H,3-5,10-15H2,1-2H3,(H,29,30)/t16-,20?/m1/s1. The van der Waals surface area contributed by atoms with Crippen molar-refractivity contribution < 1.29 is 24.2 Å². The number of ether oxygens (including phenoxy) is 1. The third-order valence-corrected chi connectivity index (χ3v) is 6.14. The average molecular weight is 432 g/mol. The minimum absolute atomic E-state index is 0.149. The molecule has 1 saturated heterocycles. The molecule has 2 N–H and O–H groups in total. The van der Waals surface area contributed by atoms with Crippen LogP contribution in [0.3, 0.4) is 0 Å². The largest absolute Gasteiger partial charge is 0.494 e. The van der Waals surface area contributed by atoms with E-state index in [9.17, 15) is 14.4 Å². The zero-order chi connectivity index (χ0) is 22.4. The summed E-state index contributed by atoms with van der Waals surface area (Å²) in [4.78, 5) is 39.5. The van der Waals surface area contributed by atoms with Crippen molar-refractivity contribution in [3.05, 3.63) is 29.8 Å². The maximum Gasteiger partial charge on any atom is 0.405 e. The molecule has 1 heterocycles. The minimum Gasteiger partial charge on any atom is -0.494 e. The fraction of sp³-hybridized carbons (Fsp3) is 0.609. The number of carbonyl (C=O) groups is 3. The highest BCUT2D eigenvalue weighted by atomic mass is 16.5. The van der Waals surface area contributed by atoms with Crippen LogP contribution in [0.15, 0.2) is 24.3 Å². The number of rotatable bonds is 10. The van der Waals surface area contributed by atoms with Crippen LogP contribution >= 0.6 is 0 Å². The van der Waals surface area contributed by atoms with Gasteiger partial charge in [0, 0.05) is 43.7 Å². The van der Waals surface area contributed by atoms with E-state index < -0.39 is 12.1 Å². The molecule has 1 aliphatic carbocycles. The Balaban J connectivity index is 1.38. The first kappa shape index (κ1) is 23.1. The number of carbonyl (C=O) groups excluding carboxylic acids is 2. The Morgan fingerprint density at radius 2 is 1.77 bits per heavy atom. The van der Waals surface area contributed by atoms with Crippen molar-refractivity contribution in [1.82, 2.24) is 15.1 Å². The molecule has 0 aromatic heterocycles. The Morgan fingerprint density at radius 1 is 1.13 bits per heavy atom. The second-order valence-electron chi connectivity index (χ2n) is 8.42. The third-order valence-electron chi connectivity index (χ3n) is 6.14. The summed E-state index contributed by atoms with van der Waals surface area (Å²) in [5, 5.41) is 11.2. The summed E-state index contributed by atoms with van der Waals surface area (Å²) < 4.78 is 5.85. The number of ketones is 1. The van der Waals surface area contributed by atoms with Crippen LogP contribution in [0, 0.1) is 5.92 Å². The molecule has 0 radical (unpaired) electrons. The Kier molecular flexibility index (Phi) is 7.90. The van der Waals surface area contributed by atoms with Gasteiger partial charge in [-0.1, -0.05) is 6.92 Å². The molecule has 8 nitrogen and oxygen atoms in total. The molecule has 2 amide bonds. The Morgan fingerprint density at radius 3 is 2.32 bits per heavy atom. The molecule has 1 unspecified atom stereocenters. The first-order valence-electron chi connectivity index (χ1n) is 11.2. The van der Waals surface area contributed by atoms with Crippen molar-refractivity contribution >= 4 is 17.8 Å². The Hall–Kier alpha value is -2.61. The van der Waals surface area contributed by atoms with Gasteiger partial charge in [0.25, 0.3) is 0 Å². The topological polar surface area (TPSA) is 99.2 Å². The van der Waals surface area contributed by atoms with Crippen molar-refractivity contribution in [2.45, 2.75) is 51.6 Å². The predicted octanol–water partition coefficient (Wildman–Crippen LogP) is 2.63. The van der Waals surface area contributed by atoms with Crippen LogP contribution in [-0.4, -0.2) is 77.6 Å². The number of amides is 2. The maximum atomic E-state index is 12.5. The van der Waals surface area contributed by atoms with Crippen molar-refractivity contribution in [1.29, 1.82) is 0 Å². The van der Waals surface area contributed by atoms with Crippen molar-refractivity contribution in [2.75, 3.05) is 32.8 Å². The van der Waals surface area contributed by atoms with Gasteiger partial charge in [0.15, 0.2) is 5.78 Å². The highest BCUT2D eigenvalue weighted by Crippen LogP contribution is 2.32. The van der Waals surface area contributed by atoms with Gasteiger partial charge in [-0.2, -0.15) is 0 Å². The van der Waals surface area contributed by atoms with E-state index in [0.29, 0.717) is 32.2 Å². The summed E-state index contributed by atoms with van der Waals surface area (Å²) >= 11 is 0. The first-order valence-corrected chi connectivity index (χ1v) is 11.2. The molecule has 170 valence electrons. The van der Waals surface area contributed by atoms with Gasteiger partial charge in [-0.25, -0.2) is 4.79 Å². The fourth-order valence-electron chi connectivity index (χ4n) is 3.92. The van der Waals surface area contributed by atoms with Crippen molar-refractivity contribution in [3.8, 4) is 5.75 Å². The molecule has 2 atom stereocenters. The van der Waals surface area contributed by atoms with Crippen LogP contribution < -0.4 is 10.1 Å². The smallest absolute Gasteiger partial charge is 0.405 e. The number of nitrogens with zero attached hydrogens (tertiary/aromatic N) is 2. The lowest BCUT2D eigenvalue weighted by Gasteiger charge is -2.39. The molecule has 3 rings (SSSR count). The Labute approximate surface area is 183 Å². The molecule has 0 bridgehead atoms. The van der Waals surface area contributed by atoms with E-state index in [1.54, 1.807) is 11.8 Å². The van der Waals surface area contributed by atoms with Gasteiger partial charge in [-0.3, -0.25) is 14.5 Å². The number of Topliss-reactive ketones (excluding diaryl/α,β-unsaturated/α-hetero) is 1. The zero-order valence-electron chi connectivity index (χ0n) is 18.4. The zero-order valence-corrected chi connectivity index (χ0v) is 18.4. The molecule has 31 heavy (non-hydrogen) atoms. The highest BCUT2D eigenvalue weighted by molar-refractivity contribution is 5.99. The summed E-state index contributed by atoms with van der Waals surface area (Å²) in [6, 6.07) is 7.05. The number of carboxylic acid groups (broad SMARTS) is 1. The van der Waals surface area contributed by atoms with Crippen LogP contribution in [0.2, 0.25) is 0 Å². The summed E-state index contributed by atoms with van der Waals surface area (Å²) in [7, 11) is 0. The van der Waals surface area contributed by atoms with Gasteiger partial charge in [0.05, 0.1) is 6.61 Å². The van der Waals surface area contributed by atoms with Crippen LogP contribution in [0.1, 0.15) is 49.9 Å².